The van der Waals surface area contributed by atoms with E-state index in [0.717, 1.165) is 12.8 Å². The van der Waals surface area contributed by atoms with Crippen LogP contribution in [0.2, 0.25) is 5.02 Å². The summed E-state index contributed by atoms with van der Waals surface area (Å²) >= 11 is 6.26. The average Bonchev–Trinajstić information content (AvgIpc) is 3.15. The summed E-state index contributed by atoms with van der Waals surface area (Å²) < 4.78 is 32.7. The predicted molar refractivity (Wildman–Crippen MR) is 123 cm³/mol. The number of halogens is 1. The van der Waals surface area contributed by atoms with Crippen molar-refractivity contribution in [3.8, 4) is 11.3 Å². The number of aromatic nitrogens is 1. The highest BCUT2D eigenvalue weighted by Gasteiger charge is 2.29. The smallest absolute Gasteiger partial charge is 0.261 e. The zero-order valence-electron chi connectivity index (χ0n) is 17.8. The summed E-state index contributed by atoms with van der Waals surface area (Å²) in [4.78, 5) is 13.2. The molecule has 2 aromatic carbocycles. The van der Waals surface area contributed by atoms with Gasteiger partial charge in [0, 0.05) is 24.3 Å². The van der Waals surface area contributed by atoms with E-state index in [4.69, 9.17) is 16.1 Å². The summed E-state index contributed by atoms with van der Waals surface area (Å²) in [6.07, 6.45) is 1.90. The highest BCUT2D eigenvalue weighted by atomic mass is 35.5. The quantitative estimate of drug-likeness (QED) is 0.564. The van der Waals surface area contributed by atoms with Crippen molar-refractivity contribution in [2.24, 2.45) is 5.92 Å². The summed E-state index contributed by atoms with van der Waals surface area (Å²) in [5.74, 6) is 0.283. The van der Waals surface area contributed by atoms with E-state index >= 15 is 0 Å². The number of hydrogen-bond acceptors (Lipinski definition) is 5. The minimum atomic E-state index is -3.56. The number of sulfonamides is 1. The molecule has 1 aliphatic rings. The van der Waals surface area contributed by atoms with Gasteiger partial charge >= 0.3 is 0 Å². The van der Waals surface area contributed by atoms with E-state index < -0.39 is 15.9 Å². The molecule has 32 heavy (non-hydrogen) atoms. The first-order valence-corrected chi connectivity index (χ1v) is 12.2. The van der Waals surface area contributed by atoms with E-state index in [1.807, 2.05) is 0 Å². The van der Waals surface area contributed by atoms with Crippen LogP contribution >= 0.6 is 11.6 Å². The van der Waals surface area contributed by atoms with Crippen LogP contribution in [0.5, 0.6) is 0 Å². The van der Waals surface area contributed by atoms with Gasteiger partial charge in [-0.2, -0.15) is 4.31 Å². The second-order valence-electron chi connectivity index (χ2n) is 8.03. The third-order valence-electron chi connectivity index (χ3n) is 5.59. The highest BCUT2D eigenvalue weighted by molar-refractivity contribution is 7.89. The minimum Gasteiger partial charge on any atom is -0.360 e. The van der Waals surface area contributed by atoms with Crippen molar-refractivity contribution in [3.63, 3.8) is 0 Å². The maximum Gasteiger partial charge on any atom is 0.261 e. The molecule has 0 spiro atoms. The van der Waals surface area contributed by atoms with Crippen LogP contribution in [0.4, 0.5) is 5.69 Å². The highest BCUT2D eigenvalue weighted by Crippen LogP contribution is 2.31. The van der Waals surface area contributed by atoms with E-state index in [-0.39, 0.29) is 10.5 Å². The number of rotatable bonds is 5. The lowest BCUT2D eigenvalue weighted by atomic mass is 10.0. The van der Waals surface area contributed by atoms with Crippen molar-refractivity contribution in [2.75, 3.05) is 18.4 Å². The second kappa shape index (κ2) is 9.05. The Morgan fingerprint density at radius 2 is 1.91 bits per heavy atom. The predicted octanol–water partition coefficient (Wildman–Crippen LogP) is 4.98. The monoisotopic (exact) mass is 473 g/mol. The molecule has 1 N–H and O–H groups in total. The van der Waals surface area contributed by atoms with Crippen LogP contribution in [0.15, 0.2) is 57.9 Å². The van der Waals surface area contributed by atoms with Crippen molar-refractivity contribution in [1.29, 1.82) is 0 Å². The topological polar surface area (TPSA) is 92.5 Å². The molecule has 1 unspecified atom stereocenters. The molecule has 0 radical (unpaired) electrons. The molecule has 1 atom stereocenters. The Morgan fingerprint density at radius 1 is 1.19 bits per heavy atom. The van der Waals surface area contributed by atoms with Crippen LogP contribution in [0, 0.1) is 12.8 Å². The van der Waals surface area contributed by atoms with Gasteiger partial charge in [0.25, 0.3) is 5.91 Å². The summed E-state index contributed by atoms with van der Waals surface area (Å²) in [5, 5.41) is 7.25. The van der Waals surface area contributed by atoms with E-state index in [2.05, 4.69) is 17.4 Å². The Labute approximate surface area is 192 Å². The van der Waals surface area contributed by atoms with Gasteiger partial charge in [0.05, 0.1) is 9.92 Å². The Morgan fingerprint density at radius 3 is 2.59 bits per heavy atom. The number of carbonyl (C=O) groups is 1. The van der Waals surface area contributed by atoms with Crippen LogP contribution in [0.3, 0.4) is 0 Å². The van der Waals surface area contributed by atoms with Crippen LogP contribution in [-0.2, 0) is 10.0 Å². The maximum atomic E-state index is 13.0. The van der Waals surface area contributed by atoms with Crippen molar-refractivity contribution >= 4 is 33.2 Å². The largest absolute Gasteiger partial charge is 0.360 e. The summed E-state index contributed by atoms with van der Waals surface area (Å²) in [7, 11) is -3.56. The molecule has 0 bridgehead atoms. The molecular weight excluding hydrogens is 450 g/mol. The van der Waals surface area contributed by atoms with E-state index in [1.54, 1.807) is 43.3 Å². The Kier molecular flexibility index (Phi) is 6.37. The summed E-state index contributed by atoms with van der Waals surface area (Å²) in [6.45, 7) is 4.77. The number of benzene rings is 2. The third kappa shape index (κ3) is 4.44. The molecule has 1 amide bonds. The molecule has 3 aromatic rings. The van der Waals surface area contributed by atoms with Gasteiger partial charge in [-0.3, -0.25) is 4.79 Å². The lowest BCUT2D eigenvalue weighted by molar-refractivity contribution is 0.102. The van der Waals surface area contributed by atoms with Gasteiger partial charge in [0.15, 0.2) is 0 Å². The molecule has 4 rings (SSSR count). The Bertz CT molecular complexity index is 1240. The van der Waals surface area contributed by atoms with Gasteiger partial charge in [0.2, 0.25) is 10.0 Å². The van der Waals surface area contributed by atoms with Gasteiger partial charge in [-0.05, 0) is 56.0 Å². The molecule has 1 fully saturated rings. The normalized spacial score (nSPS) is 17.3. The Balaban J connectivity index is 1.55. The summed E-state index contributed by atoms with van der Waals surface area (Å²) in [6, 6.07) is 13.3. The number of piperidine rings is 1. The van der Waals surface area contributed by atoms with Gasteiger partial charge in [-0.15, -0.1) is 0 Å². The van der Waals surface area contributed by atoms with Crippen molar-refractivity contribution < 1.29 is 17.7 Å². The number of aryl methyl sites for hydroxylation is 1. The molecule has 2 heterocycles. The standard InChI is InChI=1S/C23H24ClN3O4S/c1-15-6-5-13-27(14-15)32(29,30)18-11-9-17(10-12-18)25-23(28)21-16(2)31-26-22(21)19-7-3-4-8-20(19)24/h3-4,7-12,15H,5-6,13-14H2,1-2H3,(H,25,28). The average molecular weight is 474 g/mol. The molecule has 1 aliphatic heterocycles. The lowest BCUT2D eigenvalue weighted by Gasteiger charge is -2.30. The van der Waals surface area contributed by atoms with Gasteiger partial charge in [-0.1, -0.05) is 41.9 Å². The van der Waals surface area contributed by atoms with Crippen molar-refractivity contribution in [2.45, 2.75) is 31.6 Å². The number of anilines is 1. The molecule has 0 saturated carbocycles. The van der Waals surface area contributed by atoms with E-state index in [9.17, 15) is 13.2 Å². The molecule has 9 heteroatoms. The second-order valence-corrected chi connectivity index (χ2v) is 10.4. The number of carbonyl (C=O) groups excluding carboxylic acids is 1. The zero-order valence-corrected chi connectivity index (χ0v) is 19.4. The molecular formula is C23H24ClN3O4S. The zero-order chi connectivity index (χ0) is 22.9. The Hall–Kier alpha value is -2.68. The van der Waals surface area contributed by atoms with Gasteiger partial charge in [-0.25, -0.2) is 8.42 Å². The fraction of sp³-hybridized carbons (Fsp3) is 0.304. The molecule has 0 aliphatic carbocycles. The van der Waals surface area contributed by atoms with Gasteiger partial charge < -0.3 is 9.84 Å². The molecule has 1 aromatic heterocycles. The molecule has 7 nitrogen and oxygen atoms in total. The lowest BCUT2D eigenvalue weighted by Crippen LogP contribution is -2.39. The third-order valence-corrected chi connectivity index (χ3v) is 7.80. The molecule has 1 saturated heterocycles. The van der Waals surface area contributed by atoms with Crippen LogP contribution in [-0.4, -0.2) is 36.9 Å². The number of nitrogens with zero attached hydrogens (tertiary/aromatic N) is 2. The minimum absolute atomic E-state index is 0.211. The van der Waals surface area contributed by atoms with Gasteiger partial charge in [0.1, 0.15) is 17.0 Å². The van der Waals surface area contributed by atoms with Crippen LogP contribution < -0.4 is 5.32 Å². The van der Waals surface area contributed by atoms with E-state index in [1.165, 1.54) is 16.4 Å². The van der Waals surface area contributed by atoms with Crippen LogP contribution in [0.25, 0.3) is 11.3 Å². The SMILES string of the molecule is Cc1onc(-c2ccccc2Cl)c1C(=O)Nc1ccc(S(=O)(=O)N2CCCC(C)C2)cc1. The van der Waals surface area contributed by atoms with E-state index in [0.29, 0.717) is 46.7 Å². The first kappa shape index (κ1) is 22.5. The summed E-state index contributed by atoms with van der Waals surface area (Å²) in [5.41, 5.74) is 1.68. The number of amides is 1. The van der Waals surface area contributed by atoms with Crippen molar-refractivity contribution in [3.05, 3.63) is 64.9 Å². The number of nitrogens with one attached hydrogen (secondary N) is 1. The fourth-order valence-electron chi connectivity index (χ4n) is 3.89. The fourth-order valence-corrected chi connectivity index (χ4v) is 5.72. The number of hydrogen-bond donors (Lipinski definition) is 1. The van der Waals surface area contributed by atoms with Crippen LogP contribution in [0.1, 0.15) is 35.9 Å². The maximum absolute atomic E-state index is 13.0. The molecule has 168 valence electrons. The van der Waals surface area contributed by atoms with Crippen molar-refractivity contribution in [1.82, 2.24) is 9.46 Å². The first-order valence-electron chi connectivity index (χ1n) is 10.4. The first-order chi connectivity index (χ1) is 15.3.